The van der Waals surface area contributed by atoms with E-state index in [9.17, 15) is 4.39 Å². The van der Waals surface area contributed by atoms with Crippen LogP contribution in [-0.2, 0) is 6.42 Å². The van der Waals surface area contributed by atoms with Crippen molar-refractivity contribution in [3.05, 3.63) is 59.7 Å². The van der Waals surface area contributed by atoms with Crippen LogP contribution < -0.4 is 10.1 Å². The van der Waals surface area contributed by atoms with E-state index >= 15 is 0 Å². The molecule has 3 rings (SSSR count). The Morgan fingerprint density at radius 1 is 1.33 bits per heavy atom. The third-order valence-corrected chi connectivity index (χ3v) is 3.82. The lowest BCUT2D eigenvalue weighted by molar-refractivity contribution is 0.220. The van der Waals surface area contributed by atoms with Crippen LogP contribution in [0.2, 0.25) is 0 Å². The average molecular weight is 286 g/mol. The molecule has 0 saturated carbocycles. The molecule has 0 amide bonds. The van der Waals surface area contributed by atoms with Gasteiger partial charge in [0.25, 0.3) is 0 Å². The molecule has 1 N–H and O–H groups in total. The maximum absolute atomic E-state index is 12.9. The zero-order valence-corrected chi connectivity index (χ0v) is 12.1. The first-order valence-electron chi connectivity index (χ1n) is 7.35. The van der Waals surface area contributed by atoms with Gasteiger partial charge in [0, 0.05) is 19.0 Å². The number of ether oxygens (including phenoxy) is 1. The van der Waals surface area contributed by atoms with Gasteiger partial charge in [-0.15, -0.1) is 0 Å². The van der Waals surface area contributed by atoms with Crippen LogP contribution in [0.4, 0.5) is 4.39 Å². The van der Waals surface area contributed by atoms with Gasteiger partial charge in [-0.05, 0) is 30.2 Å². The minimum absolute atomic E-state index is 0.123. The highest BCUT2D eigenvalue weighted by Gasteiger charge is 2.23. The van der Waals surface area contributed by atoms with Crippen molar-refractivity contribution in [2.45, 2.75) is 31.9 Å². The van der Waals surface area contributed by atoms with Crippen molar-refractivity contribution in [2.24, 2.45) is 0 Å². The van der Waals surface area contributed by atoms with Gasteiger partial charge in [-0.3, -0.25) is 4.98 Å². The molecule has 1 aliphatic heterocycles. The highest BCUT2D eigenvalue weighted by Crippen LogP contribution is 2.28. The molecular formula is C17H19FN2O. The van der Waals surface area contributed by atoms with Crippen LogP contribution in [0.1, 0.15) is 30.6 Å². The van der Waals surface area contributed by atoms with Crippen molar-refractivity contribution in [1.82, 2.24) is 10.3 Å². The van der Waals surface area contributed by atoms with E-state index in [1.54, 1.807) is 6.07 Å². The lowest BCUT2D eigenvalue weighted by Crippen LogP contribution is -2.33. The lowest BCUT2D eigenvalue weighted by Gasteiger charge is -2.19. The fraction of sp³-hybridized carbons (Fsp3) is 0.353. The molecule has 110 valence electrons. The monoisotopic (exact) mass is 286 g/mol. The molecule has 0 radical (unpaired) electrons. The Labute approximate surface area is 124 Å². The molecule has 1 aromatic heterocycles. The molecule has 2 heterocycles. The molecule has 4 heteroatoms. The van der Waals surface area contributed by atoms with Gasteiger partial charge in [0.1, 0.15) is 17.7 Å². The van der Waals surface area contributed by atoms with Crippen LogP contribution >= 0.6 is 0 Å². The van der Waals surface area contributed by atoms with Crippen LogP contribution in [0, 0.1) is 5.82 Å². The van der Waals surface area contributed by atoms with Crippen LogP contribution in [0.5, 0.6) is 5.75 Å². The number of rotatable bonds is 5. The minimum Gasteiger partial charge on any atom is -0.488 e. The van der Waals surface area contributed by atoms with Crippen molar-refractivity contribution in [3.8, 4) is 5.75 Å². The zero-order chi connectivity index (χ0) is 14.7. The zero-order valence-electron chi connectivity index (χ0n) is 12.1. The van der Waals surface area contributed by atoms with Crippen LogP contribution in [-0.4, -0.2) is 17.6 Å². The first-order chi connectivity index (χ1) is 10.3. The van der Waals surface area contributed by atoms with E-state index in [1.165, 1.54) is 17.8 Å². The highest BCUT2D eigenvalue weighted by molar-refractivity contribution is 5.37. The number of benzene rings is 1. The molecule has 0 saturated heterocycles. The summed E-state index contributed by atoms with van der Waals surface area (Å²) in [4.78, 5) is 4.16. The molecule has 0 bridgehead atoms. The summed E-state index contributed by atoms with van der Waals surface area (Å²) in [6, 6.07) is 11.5. The van der Waals surface area contributed by atoms with E-state index in [2.05, 4.69) is 23.3 Å². The summed E-state index contributed by atoms with van der Waals surface area (Å²) in [5.74, 6) is 0.681. The fourth-order valence-electron chi connectivity index (χ4n) is 2.69. The fourth-order valence-corrected chi connectivity index (χ4v) is 2.69. The molecule has 2 atom stereocenters. The third-order valence-electron chi connectivity index (χ3n) is 3.82. The van der Waals surface area contributed by atoms with Gasteiger partial charge in [0.2, 0.25) is 0 Å². The summed E-state index contributed by atoms with van der Waals surface area (Å²) in [6.07, 6.45) is 3.24. The number of hydrogen-bond acceptors (Lipinski definition) is 3. The normalized spacial score (nSPS) is 18.1. The van der Waals surface area contributed by atoms with Crippen LogP contribution in [0.25, 0.3) is 0 Å². The number of nitrogens with one attached hydrogen (secondary N) is 1. The van der Waals surface area contributed by atoms with Gasteiger partial charge < -0.3 is 10.1 Å². The summed E-state index contributed by atoms with van der Waals surface area (Å²) < 4.78 is 18.8. The summed E-state index contributed by atoms with van der Waals surface area (Å²) in [5, 5.41) is 3.47. The van der Waals surface area contributed by atoms with E-state index in [0.717, 1.165) is 30.8 Å². The predicted molar refractivity (Wildman–Crippen MR) is 79.8 cm³/mol. The first-order valence-corrected chi connectivity index (χ1v) is 7.35. The largest absolute Gasteiger partial charge is 0.488 e. The highest BCUT2D eigenvalue weighted by atomic mass is 19.1. The van der Waals surface area contributed by atoms with Crippen LogP contribution in [0.15, 0.2) is 42.6 Å². The topological polar surface area (TPSA) is 34.1 Å². The van der Waals surface area contributed by atoms with Gasteiger partial charge in [0.15, 0.2) is 0 Å². The number of para-hydroxylation sites is 1. The predicted octanol–water partition coefficient (Wildman–Crippen LogP) is 3.27. The SMILES string of the molecule is CCC(NCC1Cc2ccccc2O1)c1ccc(F)cn1. The first kappa shape index (κ1) is 14.0. The maximum Gasteiger partial charge on any atom is 0.141 e. The number of pyridine rings is 1. The summed E-state index contributed by atoms with van der Waals surface area (Å²) in [5.41, 5.74) is 2.13. The molecule has 1 aromatic carbocycles. The Balaban J connectivity index is 1.58. The molecular weight excluding hydrogens is 267 g/mol. The van der Waals surface area contributed by atoms with Crippen LogP contribution in [0.3, 0.4) is 0 Å². The van der Waals surface area contributed by atoms with Gasteiger partial charge in [-0.25, -0.2) is 4.39 Å². The van der Waals surface area contributed by atoms with Gasteiger partial charge in [0.05, 0.1) is 11.9 Å². The van der Waals surface area contributed by atoms with Crippen molar-refractivity contribution in [3.63, 3.8) is 0 Å². The molecule has 0 fully saturated rings. The molecule has 21 heavy (non-hydrogen) atoms. The Kier molecular flexibility index (Phi) is 4.15. The molecule has 2 aromatic rings. The van der Waals surface area contributed by atoms with Crippen molar-refractivity contribution in [1.29, 1.82) is 0 Å². The van der Waals surface area contributed by atoms with Gasteiger partial charge in [-0.2, -0.15) is 0 Å². The van der Waals surface area contributed by atoms with E-state index in [4.69, 9.17) is 4.74 Å². The van der Waals surface area contributed by atoms with Crippen molar-refractivity contribution in [2.75, 3.05) is 6.54 Å². The quantitative estimate of drug-likeness (QED) is 0.916. The second-order valence-corrected chi connectivity index (χ2v) is 5.32. The van der Waals surface area contributed by atoms with E-state index < -0.39 is 0 Å². The second kappa shape index (κ2) is 6.22. The average Bonchev–Trinajstić information content (AvgIpc) is 2.92. The van der Waals surface area contributed by atoms with Gasteiger partial charge >= 0.3 is 0 Å². The Bertz CT molecular complexity index is 575. The molecule has 2 unspecified atom stereocenters. The lowest BCUT2D eigenvalue weighted by atomic mass is 10.1. The van der Waals surface area contributed by atoms with E-state index in [-0.39, 0.29) is 18.0 Å². The number of aromatic nitrogens is 1. The third kappa shape index (κ3) is 3.22. The second-order valence-electron chi connectivity index (χ2n) is 5.32. The number of halogens is 1. The number of hydrogen-bond donors (Lipinski definition) is 1. The number of nitrogens with zero attached hydrogens (tertiary/aromatic N) is 1. The van der Waals surface area contributed by atoms with E-state index in [1.807, 2.05) is 18.2 Å². The van der Waals surface area contributed by atoms with Gasteiger partial charge in [-0.1, -0.05) is 25.1 Å². The Morgan fingerprint density at radius 3 is 2.90 bits per heavy atom. The van der Waals surface area contributed by atoms with Crippen molar-refractivity contribution >= 4 is 0 Å². The summed E-state index contributed by atoms with van der Waals surface area (Å²) in [7, 11) is 0. The number of fused-ring (bicyclic) bond motifs is 1. The van der Waals surface area contributed by atoms with E-state index in [0.29, 0.717) is 0 Å². The Hall–Kier alpha value is -1.94. The molecule has 1 aliphatic rings. The van der Waals surface area contributed by atoms with Crippen molar-refractivity contribution < 1.29 is 9.13 Å². The minimum atomic E-state index is -0.303. The molecule has 3 nitrogen and oxygen atoms in total. The smallest absolute Gasteiger partial charge is 0.141 e. The molecule has 0 spiro atoms. The standard InChI is InChI=1S/C17H19FN2O/c1-2-15(16-8-7-13(18)10-19-16)20-11-14-9-12-5-3-4-6-17(12)21-14/h3-8,10,14-15,20H,2,9,11H2,1H3. The summed E-state index contributed by atoms with van der Waals surface area (Å²) in [6.45, 7) is 2.85. The maximum atomic E-state index is 12.9. The molecule has 0 aliphatic carbocycles. The summed E-state index contributed by atoms with van der Waals surface area (Å²) >= 11 is 0. The Morgan fingerprint density at radius 2 is 2.19 bits per heavy atom.